The third kappa shape index (κ3) is 2.19. The van der Waals surface area contributed by atoms with Crippen molar-refractivity contribution in [2.45, 2.75) is 18.7 Å². The molecule has 0 aliphatic heterocycles. The van der Waals surface area contributed by atoms with E-state index in [0.717, 1.165) is 0 Å². The lowest BCUT2D eigenvalue weighted by molar-refractivity contribution is 0.445. The molecule has 1 heterocycles. The molecule has 0 fully saturated rings. The van der Waals surface area contributed by atoms with Crippen molar-refractivity contribution in [2.24, 2.45) is 7.05 Å². The van der Waals surface area contributed by atoms with E-state index in [2.05, 4.69) is 0 Å². The average Bonchev–Trinajstić information content (AvgIpc) is 2.66. The van der Waals surface area contributed by atoms with Crippen LogP contribution >= 0.6 is 0 Å². The first kappa shape index (κ1) is 13.8. The predicted molar refractivity (Wildman–Crippen MR) is 71.6 cm³/mol. The zero-order chi connectivity index (χ0) is 14.2. The standard InChI is InChI=1S/C12H16N2O4S/c1-4-14(5-2)19(16,17)9-6-7-11-10(8-9)13(3)12(15)18-11/h6-8H,4-5H2,1-3H3. The Labute approximate surface area is 111 Å². The van der Waals surface area contributed by atoms with Gasteiger partial charge in [-0.1, -0.05) is 13.8 Å². The molecule has 0 saturated carbocycles. The summed E-state index contributed by atoms with van der Waals surface area (Å²) in [6.07, 6.45) is 0. The van der Waals surface area contributed by atoms with Gasteiger partial charge in [0.05, 0.1) is 10.4 Å². The smallest absolute Gasteiger partial charge is 0.408 e. The molecule has 1 aromatic carbocycles. The van der Waals surface area contributed by atoms with E-state index in [1.165, 1.54) is 27.1 Å². The lowest BCUT2D eigenvalue weighted by Crippen LogP contribution is -2.30. The van der Waals surface area contributed by atoms with Crippen LogP contribution in [-0.4, -0.2) is 30.4 Å². The summed E-state index contributed by atoms with van der Waals surface area (Å²) < 4.78 is 32.4. The Hall–Kier alpha value is -1.60. The van der Waals surface area contributed by atoms with E-state index < -0.39 is 15.8 Å². The van der Waals surface area contributed by atoms with Gasteiger partial charge in [0.1, 0.15) is 0 Å². The van der Waals surface area contributed by atoms with E-state index >= 15 is 0 Å². The van der Waals surface area contributed by atoms with Gasteiger partial charge in [-0.2, -0.15) is 4.31 Å². The molecular formula is C12H16N2O4S. The number of oxazole rings is 1. The van der Waals surface area contributed by atoms with Crippen LogP contribution in [0.1, 0.15) is 13.8 Å². The molecule has 2 rings (SSSR count). The van der Waals surface area contributed by atoms with Crippen molar-refractivity contribution in [3.63, 3.8) is 0 Å². The van der Waals surface area contributed by atoms with Crippen molar-refractivity contribution in [1.29, 1.82) is 0 Å². The number of aromatic nitrogens is 1. The Morgan fingerprint density at radius 1 is 1.26 bits per heavy atom. The first-order valence-electron chi connectivity index (χ1n) is 6.01. The molecule has 7 heteroatoms. The maximum absolute atomic E-state index is 12.4. The quantitative estimate of drug-likeness (QED) is 0.844. The average molecular weight is 284 g/mol. The lowest BCUT2D eigenvalue weighted by Gasteiger charge is -2.18. The first-order chi connectivity index (χ1) is 8.91. The van der Waals surface area contributed by atoms with Crippen molar-refractivity contribution in [3.8, 4) is 0 Å². The summed E-state index contributed by atoms with van der Waals surface area (Å²) >= 11 is 0. The molecule has 0 unspecified atom stereocenters. The minimum Gasteiger partial charge on any atom is -0.408 e. The summed E-state index contributed by atoms with van der Waals surface area (Å²) in [6.45, 7) is 4.38. The molecule has 0 amide bonds. The van der Waals surface area contributed by atoms with E-state index in [4.69, 9.17) is 4.42 Å². The van der Waals surface area contributed by atoms with E-state index in [9.17, 15) is 13.2 Å². The Kier molecular flexibility index (Phi) is 3.51. The zero-order valence-electron chi connectivity index (χ0n) is 11.1. The van der Waals surface area contributed by atoms with Gasteiger partial charge in [0.25, 0.3) is 0 Å². The maximum Gasteiger partial charge on any atom is 0.419 e. The summed E-state index contributed by atoms with van der Waals surface area (Å²) in [5.41, 5.74) is 0.851. The first-order valence-corrected chi connectivity index (χ1v) is 7.45. The molecule has 2 aromatic rings. The maximum atomic E-state index is 12.4. The van der Waals surface area contributed by atoms with Gasteiger partial charge in [0.15, 0.2) is 5.58 Å². The van der Waals surface area contributed by atoms with Gasteiger partial charge in [-0.05, 0) is 18.2 Å². The van der Waals surface area contributed by atoms with E-state index in [1.54, 1.807) is 20.9 Å². The molecule has 19 heavy (non-hydrogen) atoms. The minimum absolute atomic E-state index is 0.167. The molecule has 104 valence electrons. The largest absolute Gasteiger partial charge is 0.419 e. The summed E-state index contributed by atoms with van der Waals surface area (Å²) in [5, 5.41) is 0. The molecule has 6 nitrogen and oxygen atoms in total. The number of nitrogens with zero attached hydrogens (tertiary/aromatic N) is 2. The van der Waals surface area contributed by atoms with E-state index in [1.807, 2.05) is 0 Å². The molecule has 0 radical (unpaired) electrons. The molecule has 0 aliphatic rings. The minimum atomic E-state index is -3.52. The monoisotopic (exact) mass is 284 g/mol. The number of sulfonamides is 1. The number of hydrogen-bond donors (Lipinski definition) is 0. The highest BCUT2D eigenvalue weighted by atomic mass is 32.2. The Bertz CT molecular complexity index is 754. The second kappa shape index (κ2) is 4.82. The highest BCUT2D eigenvalue weighted by molar-refractivity contribution is 7.89. The second-order valence-corrected chi connectivity index (χ2v) is 6.08. The van der Waals surface area contributed by atoms with Gasteiger partial charge in [0, 0.05) is 20.1 Å². The van der Waals surface area contributed by atoms with Gasteiger partial charge in [-0.25, -0.2) is 13.2 Å². The topological polar surface area (TPSA) is 72.5 Å². The Morgan fingerprint density at radius 2 is 1.89 bits per heavy atom. The molecule has 0 spiro atoms. The number of hydrogen-bond acceptors (Lipinski definition) is 4. The van der Waals surface area contributed by atoms with E-state index in [-0.39, 0.29) is 4.90 Å². The summed E-state index contributed by atoms with van der Waals surface area (Å²) in [5.74, 6) is -0.507. The SMILES string of the molecule is CCN(CC)S(=O)(=O)c1ccc2oc(=O)n(C)c2c1. The third-order valence-electron chi connectivity index (χ3n) is 3.11. The predicted octanol–water partition coefficient (Wildman–Crippen LogP) is 1.16. The normalized spacial score (nSPS) is 12.4. The molecule has 0 saturated heterocycles. The molecular weight excluding hydrogens is 268 g/mol. The van der Waals surface area contributed by atoms with Gasteiger partial charge < -0.3 is 4.42 Å². The van der Waals surface area contributed by atoms with Crippen molar-refractivity contribution >= 4 is 21.1 Å². The lowest BCUT2D eigenvalue weighted by atomic mass is 10.3. The van der Waals surface area contributed by atoms with Crippen molar-refractivity contribution in [1.82, 2.24) is 8.87 Å². The van der Waals surface area contributed by atoms with Crippen molar-refractivity contribution in [3.05, 3.63) is 28.7 Å². The molecule has 0 aliphatic carbocycles. The Balaban J connectivity index is 2.64. The van der Waals surface area contributed by atoms with Crippen LogP contribution in [-0.2, 0) is 17.1 Å². The number of fused-ring (bicyclic) bond motifs is 1. The van der Waals surface area contributed by atoms with Gasteiger partial charge in [-0.3, -0.25) is 4.57 Å². The second-order valence-electron chi connectivity index (χ2n) is 4.15. The number of rotatable bonds is 4. The summed E-state index contributed by atoms with van der Waals surface area (Å²) in [4.78, 5) is 11.5. The van der Waals surface area contributed by atoms with Crippen LogP contribution in [0.2, 0.25) is 0 Å². The highest BCUT2D eigenvalue weighted by Gasteiger charge is 2.22. The van der Waals surface area contributed by atoms with Crippen LogP contribution in [0, 0.1) is 0 Å². The van der Waals surface area contributed by atoms with Crippen LogP contribution in [0.4, 0.5) is 0 Å². The number of benzene rings is 1. The fourth-order valence-corrected chi connectivity index (χ4v) is 3.46. The van der Waals surface area contributed by atoms with Crippen LogP contribution in [0.5, 0.6) is 0 Å². The van der Waals surface area contributed by atoms with Gasteiger partial charge in [-0.15, -0.1) is 0 Å². The van der Waals surface area contributed by atoms with E-state index in [0.29, 0.717) is 24.2 Å². The van der Waals surface area contributed by atoms with Crippen LogP contribution in [0.3, 0.4) is 0 Å². The molecule has 0 atom stereocenters. The van der Waals surface area contributed by atoms with Crippen molar-refractivity contribution in [2.75, 3.05) is 13.1 Å². The molecule has 0 N–H and O–H groups in total. The molecule has 0 bridgehead atoms. The number of aryl methyl sites for hydroxylation is 1. The highest BCUT2D eigenvalue weighted by Crippen LogP contribution is 2.20. The van der Waals surface area contributed by atoms with Crippen LogP contribution in [0.15, 0.2) is 32.3 Å². The fraction of sp³-hybridized carbons (Fsp3) is 0.417. The summed E-state index contributed by atoms with van der Waals surface area (Å²) in [7, 11) is -1.98. The van der Waals surface area contributed by atoms with Crippen LogP contribution < -0.4 is 5.76 Å². The fourth-order valence-electron chi connectivity index (χ4n) is 1.98. The zero-order valence-corrected chi connectivity index (χ0v) is 11.9. The Morgan fingerprint density at radius 3 is 2.47 bits per heavy atom. The van der Waals surface area contributed by atoms with Gasteiger partial charge >= 0.3 is 5.76 Å². The van der Waals surface area contributed by atoms with Gasteiger partial charge in [0.2, 0.25) is 10.0 Å². The summed E-state index contributed by atoms with van der Waals surface area (Å²) in [6, 6.07) is 4.43. The third-order valence-corrected chi connectivity index (χ3v) is 5.15. The van der Waals surface area contributed by atoms with Crippen molar-refractivity contribution < 1.29 is 12.8 Å². The van der Waals surface area contributed by atoms with Crippen LogP contribution in [0.25, 0.3) is 11.1 Å². The molecule has 1 aromatic heterocycles.